The summed E-state index contributed by atoms with van der Waals surface area (Å²) in [5.41, 5.74) is -0.151. The van der Waals surface area contributed by atoms with E-state index in [0.717, 1.165) is 0 Å². The Labute approximate surface area is 121 Å². The Hall–Kier alpha value is -1.30. The average Bonchev–Trinajstić information content (AvgIpc) is 2.31. The van der Waals surface area contributed by atoms with Gasteiger partial charge < -0.3 is 20.6 Å². The van der Waals surface area contributed by atoms with Gasteiger partial charge in [-0.2, -0.15) is 0 Å². The van der Waals surface area contributed by atoms with E-state index in [1.807, 2.05) is 46.7 Å². The first-order chi connectivity index (χ1) is 9.06. The number of rotatable bonds is 8. The topological polar surface area (TPSA) is 81.7 Å². The van der Waals surface area contributed by atoms with Gasteiger partial charge in [0.15, 0.2) is 0 Å². The summed E-state index contributed by atoms with van der Waals surface area (Å²) in [5, 5.41) is 14.5. The van der Waals surface area contributed by atoms with Crippen molar-refractivity contribution in [1.29, 1.82) is 0 Å². The summed E-state index contributed by atoms with van der Waals surface area (Å²) >= 11 is 0. The van der Waals surface area contributed by atoms with Crippen LogP contribution in [0, 0.1) is 11.8 Å². The molecule has 3 N–H and O–H groups in total. The van der Waals surface area contributed by atoms with Gasteiger partial charge >= 0.3 is 12.0 Å². The monoisotopic (exact) mass is 287 g/mol. The Morgan fingerprint density at radius 2 is 1.75 bits per heavy atom. The van der Waals surface area contributed by atoms with Crippen LogP contribution in [0.3, 0.4) is 0 Å². The third-order valence-corrected chi connectivity index (χ3v) is 3.51. The van der Waals surface area contributed by atoms with Crippen molar-refractivity contribution in [1.82, 2.24) is 15.5 Å². The molecule has 0 aliphatic carbocycles. The van der Waals surface area contributed by atoms with Crippen molar-refractivity contribution in [3.05, 3.63) is 0 Å². The van der Waals surface area contributed by atoms with Crippen LogP contribution in [0.5, 0.6) is 0 Å². The molecule has 0 radical (unpaired) electrons. The van der Waals surface area contributed by atoms with Crippen LogP contribution in [0.4, 0.5) is 4.79 Å². The van der Waals surface area contributed by atoms with E-state index in [9.17, 15) is 9.59 Å². The van der Waals surface area contributed by atoms with Gasteiger partial charge in [-0.05, 0) is 40.3 Å². The number of hydrogen-bond donors (Lipinski definition) is 3. The molecule has 118 valence electrons. The second kappa shape index (κ2) is 8.09. The maximum atomic E-state index is 11.7. The van der Waals surface area contributed by atoms with Crippen LogP contribution in [0.2, 0.25) is 0 Å². The number of hydrogen-bond acceptors (Lipinski definition) is 3. The first kappa shape index (κ1) is 18.7. The zero-order valence-electron chi connectivity index (χ0n) is 13.5. The van der Waals surface area contributed by atoms with E-state index in [1.165, 1.54) is 0 Å². The van der Waals surface area contributed by atoms with E-state index in [-0.39, 0.29) is 24.0 Å². The normalized spacial score (nSPS) is 13.4. The Morgan fingerprint density at radius 3 is 2.15 bits per heavy atom. The number of urea groups is 1. The maximum absolute atomic E-state index is 11.7. The molecule has 0 aliphatic heterocycles. The molecule has 0 aromatic heterocycles. The summed E-state index contributed by atoms with van der Waals surface area (Å²) in [4.78, 5) is 24.8. The van der Waals surface area contributed by atoms with Crippen molar-refractivity contribution in [2.24, 2.45) is 11.8 Å². The molecule has 0 saturated heterocycles. The van der Waals surface area contributed by atoms with Crippen molar-refractivity contribution in [2.45, 2.75) is 39.7 Å². The highest BCUT2D eigenvalue weighted by Crippen LogP contribution is 2.11. The van der Waals surface area contributed by atoms with Crippen LogP contribution in [0.15, 0.2) is 0 Å². The van der Waals surface area contributed by atoms with Crippen LogP contribution in [0.25, 0.3) is 0 Å². The van der Waals surface area contributed by atoms with E-state index < -0.39 is 11.9 Å². The van der Waals surface area contributed by atoms with Gasteiger partial charge in [-0.1, -0.05) is 13.8 Å². The Kier molecular flexibility index (Phi) is 7.57. The molecule has 0 aliphatic rings. The van der Waals surface area contributed by atoms with E-state index >= 15 is 0 Å². The lowest BCUT2D eigenvalue weighted by atomic mass is 9.97. The van der Waals surface area contributed by atoms with E-state index in [0.29, 0.717) is 13.0 Å². The minimum absolute atomic E-state index is 0.151. The number of nitrogens with one attached hydrogen (secondary N) is 2. The fraction of sp³-hybridized carbons (Fsp3) is 0.857. The molecule has 0 rings (SSSR count). The first-order valence-corrected chi connectivity index (χ1v) is 6.98. The van der Waals surface area contributed by atoms with Crippen LogP contribution in [0.1, 0.15) is 34.1 Å². The number of amides is 2. The van der Waals surface area contributed by atoms with Crippen LogP contribution >= 0.6 is 0 Å². The van der Waals surface area contributed by atoms with Crippen molar-refractivity contribution in [3.8, 4) is 0 Å². The van der Waals surface area contributed by atoms with E-state index in [2.05, 4.69) is 10.6 Å². The molecule has 1 unspecified atom stereocenters. The average molecular weight is 287 g/mol. The Bertz CT molecular complexity index is 328. The van der Waals surface area contributed by atoms with Gasteiger partial charge in [-0.25, -0.2) is 4.79 Å². The summed E-state index contributed by atoms with van der Waals surface area (Å²) in [5.74, 6) is -1.12. The number of carbonyl (C=O) groups is 2. The largest absolute Gasteiger partial charge is 0.481 e. The highest BCUT2D eigenvalue weighted by atomic mass is 16.4. The van der Waals surface area contributed by atoms with Gasteiger partial charge in [-0.3, -0.25) is 4.79 Å². The molecule has 0 heterocycles. The number of carboxylic acids is 1. The molecular weight excluding hydrogens is 258 g/mol. The molecule has 6 nitrogen and oxygen atoms in total. The zero-order chi connectivity index (χ0) is 15.9. The number of carboxylic acid groups (broad SMARTS) is 1. The molecule has 0 fully saturated rings. The second-order valence-corrected chi connectivity index (χ2v) is 6.44. The minimum atomic E-state index is -0.868. The molecule has 0 aromatic rings. The third kappa shape index (κ3) is 7.33. The van der Waals surface area contributed by atoms with Gasteiger partial charge in [0.1, 0.15) is 0 Å². The van der Waals surface area contributed by atoms with Crippen LogP contribution in [-0.2, 0) is 4.79 Å². The number of nitrogens with zero attached hydrogens (tertiary/aromatic N) is 1. The fourth-order valence-electron chi connectivity index (χ4n) is 1.57. The summed E-state index contributed by atoms with van der Waals surface area (Å²) < 4.78 is 0. The summed E-state index contributed by atoms with van der Waals surface area (Å²) in [6, 6.07) is -0.324. The minimum Gasteiger partial charge on any atom is -0.481 e. The van der Waals surface area contributed by atoms with Crippen LogP contribution < -0.4 is 10.6 Å². The molecule has 0 bridgehead atoms. The molecule has 2 amide bonds. The number of carbonyl (C=O) groups excluding carboxylic acids is 1. The van der Waals surface area contributed by atoms with Gasteiger partial charge in [-0.15, -0.1) is 0 Å². The van der Waals surface area contributed by atoms with Crippen molar-refractivity contribution >= 4 is 12.0 Å². The summed E-state index contributed by atoms with van der Waals surface area (Å²) in [7, 11) is 3.89. The van der Waals surface area contributed by atoms with Crippen molar-refractivity contribution in [2.75, 3.05) is 27.2 Å². The van der Waals surface area contributed by atoms with E-state index in [1.54, 1.807) is 0 Å². The Morgan fingerprint density at radius 1 is 1.20 bits per heavy atom. The third-order valence-electron chi connectivity index (χ3n) is 3.51. The second-order valence-electron chi connectivity index (χ2n) is 6.44. The van der Waals surface area contributed by atoms with Crippen LogP contribution in [-0.4, -0.2) is 54.7 Å². The smallest absolute Gasteiger partial charge is 0.314 e. The van der Waals surface area contributed by atoms with Gasteiger partial charge in [0.2, 0.25) is 0 Å². The van der Waals surface area contributed by atoms with Gasteiger partial charge in [0.05, 0.1) is 5.92 Å². The SMILES string of the molecule is CC(C)CC(CNC(=O)NCC(C)(C)N(C)C)C(=O)O. The predicted molar refractivity (Wildman–Crippen MR) is 79.7 cm³/mol. The quantitative estimate of drug-likeness (QED) is 0.630. The summed E-state index contributed by atoms with van der Waals surface area (Å²) in [6.45, 7) is 8.62. The fourth-order valence-corrected chi connectivity index (χ4v) is 1.57. The number of likely N-dealkylation sites (N-methyl/N-ethyl adjacent to an activating group) is 1. The number of aliphatic carboxylic acids is 1. The highest BCUT2D eigenvalue weighted by molar-refractivity contribution is 5.75. The Balaban J connectivity index is 4.18. The van der Waals surface area contributed by atoms with E-state index in [4.69, 9.17) is 5.11 Å². The molecule has 0 spiro atoms. The maximum Gasteiger partial charge on any atom is 0.314 e. The first-order valence-electron chi connectivity index (χ1n) is 6.98. The predicted octanol–water partition coefficient (Wildman–Crippen LogP) is 1.37. The molecule has 0 aromatic carbocycles. The van der Waals surface area contributed by atoms with Gasteiger partial charge in [0, 0.05) is 18.6 Å². The molecule has 20 heavy (non-hydrogen) atoms. The lowest BCUT2D eigenvalue weighted by molar-refractivity contribution is -0.142. The summed E-state index contributed by atoms with van der Waals surface area (Å²) in [6.07, 6.45) is 0.554. The lowest BCUT2D eigenvalue weighted by Gasteiger charge is -2.32. The van der Waals surface area contributed by atoms with Gasteiger partial charge in [0.25, 0.3) is 0 Å². The zero-order valence-corrected chi connectivity index (χ0v) is 13.5. The molecule has 0 saturated carbocycles. The van der Waals surface area contributed by atoms with Crippen molar-refractivity contribution < 1.29 is 14.7 Å². The lowest BCUT2D eigenvalue weighted by Crippen LogP contribution is -2.51. The molecule has 1 atom stereocenters. The highest BCUT2D eigenvalue weighted by Gasteiger charge is 2.22. The molecule has 6 heteroatoms. The van der Waals surface area contributed by atoms with Crippen molar-refractivity contribution in [3.63, 3.8) is 0 Å². The molecular formula is C14H29N3O3. The standard InChI is InChI=1S/C14H29N3O3/c1-10(2)7-11(12(18)19)8-15-13(20)16-9-14(3,4)17(5)6/h10-11H,7-9H2,1-6H3,(H,18,19)(H2,15,16,20).